The van der Waals surface area contributed by atoms with Gasteiger partial charge in [0.05, 0.1) is 31.9 Å². The van der Waals surface area contributed by atoms with E-state index in [1.54, 1.807) is 0 Å². The smallest absolute Gasteiger partial charge is 0.326 e. The molecule has 0 bridgehead atoms. The van der Waals surface area contributed by atoms with Crippen molar-refractivity contribution in [1.82, 2.24) is 0 Å². The van der Waals surface area contributed by atoms with Gasteiger partial charge in [-0.15, -0.1) is 0 Å². The number of carbonyl (C=O) groups is 1. The van der Waals surface area contributed by atoms with Gasteiger partial charge in [-0.05, 0) is 30.3 Å². The lowest BCUT2D eigenvalue weighted by Crippen LogP contribution is -2.36. The molecule has 7 nitrogen and oxygen atoms in total. The number of sulfonamides is 1. The fraction of sp³-hybridized carbons (Fsp3) is 0.235. The highest BCUT2D eigenvalue weighted by Gasteiger charge is 2.29. The summed E-state index contributed by atoms with van der Waals surface area (Å²) in [6, 6.07) is 8.31. The maximum absolute atomic E-state index is 13.2. The molecule has 0 radical (unpaired) electrons. The first-order valence-corrected chi connectivity index (χ1v) is 9.70. The van der Waals surface area contributed by atoms with E-state index in [0.29, 0.717) is 5.75 Å². The minimum absolute atomic E-state index is 0.111. The van der Waals surface area contributed by atoms with E-state index in [-0.39, 0.29) is 26.4 Å². The highest BCUT2D eigenvalue weighted by atomic mass is 35.5. The lowest BCUT2D eigenvalue weighted by Gasteiger charge is -2.24. The van der Waals surface area contributed by atoms with Gasteiger partial charge in [0.15, 0.2) is 11.5 Å². The van der Waals surface area contributed by atoms with Crippen LogP contribution in [-0.2, 0) is 19.6 Å². The third kappa shape index (κ3) is 4.77. The first-order chi connectivity index (χ1) is 12.7. The maximum atomic E-state index is 13.2. The third-order valence-corrected chi connectivity index (χ3v) is 5.78. The largest absolute Gasteiger partial charge is 0.493 e. The Morgan fingerprint density at radius 3 is 2.07 bits per heavy atom. The number of rotatable bonds is 7. The number of ether oxygens (including phenoxy) is 3. The van der Waals surface area contributed by atoms with E-state index in [2.05, 4.69) is 4.74 Å². The van der Waals surface area contributed by atoms with Crippen molar-refractivity contribution in [2.75, 3.05) is 32.2 Å². The fourth-order valence-electron chi connectivity index (χ4n) is 2.28. The molecule has 0 aliphatic rings. The predicted octanol–water partition coefficient (Wildman–Crippen LogP) is 3.38. The molecule has 0 unspecified atom stereocenters. The van der Waals surface area contributed by atoms with Gasteiger partial charge in [-0.1, -0.05) is 23.2 Å². The van der Waals surface area contributed by atoms with Gasteiger partial charge in [-0.25, -0.2) is 8.42 Å². The molecular formula is C17H17Cl2NO6S. The molecule has 146 valence electrons. The minimum Gasteiger partial charge on any atom is -0.493 e. The zero-order chi connectivity index (χ0) is 20.2. The second-order valence-electron chi connectivity index (χ2n) is 5.23. The van der Waals surface area contributed by atoms with Crippen molar-refractivity contribution >= 4 is 44.9 Å². The number of halogens is 2. The van der Waals surface area contributed by atoms with Crippen LogP contribution in [0.3, 0.4) is 0 Å². The van der Waals surface area contributed by atoms with E-state index in [1.807, 2.05) is 0 Å². The summed E-state index contributed by atoms with van der Waals surface area (Å²) < 4.78 is 42.2. The Kier molecular flexibility index (Phi) is 6.80. The van der Waals surface area contributed by atoms with Gasteiger partial charge in [-0.3, -0.25) is 9.10 Å². The SMILES string of the molecule is COC(=O)CN(c1cc(Cl)cc(Cl)c1)S(=O)(=O)c1ccc(OC)c(OC)c1. The van der Waals surface area contributed by atoms with Crippen LogP contribution in [0, 0.1) is 0 Å². The molecule has 0 aliphatic carbocycles. The van der Waals surface area contributed by atoms with E-state index in [4.69, 9.17) is 32.7 Å². The minimum atomic E-state index is -4.17. The normalized spacial score (nSPS) is 11.0. The molecule has 10 heteroatoms. The Morgan fingerprint density at radius 1 is 0.963 bits per heavy atom. The van der Waals surface area contributed by atoms with Crippen LogP contribution in [-0.4, -0.2) is 42.3 Å². The first kappa shape index (κ1) is 21.1. The zero-order valence-electron chi connectivity index (χ0n) is 14.7. The predicted molar refractivity (Wildman–Crippen MR) is 103 cm³/mol. The molecule has 27 heavy (non-hydrogen) atoms. The summed E-state index contributed by atoms with van der Waals surface area (Å²) in [5.41, 5.74) is 0.118. The number of methoxy groups -OCH3 is 3. The Labute approximate surface area is 167 Å². The number of carbonyl (C=O) groups excluding carboxylic acids is 1. The van der Waals surface area contributed by atoms with Crippen LogP contribution in [0.25, 0.3) is 0 Å². The van der Waals surface area contributed by atoms with Gasteiger partial charge in [0.25, 0.3) is 10.0 Å². The molecule has 0 saturated carbocycles. The molecule has 0 saturated heterocycles. The van der Waals surface area contributed by atoms with Crippen molar-refractivity contribution in [2.45, 2.75) is 4.90 Å². The average Bonchev–Trinajstić information content (AvgIpc) is 2.64. The summed E-state index contributed by atoms with van der Waals surface area (Å²) in [6.07, 6.45) is 0. The maximum Gasteiger partial charge on any atom is 0.326 e. The van der Waals surface area contributed by atoms with Crippen molar-refractivity contribution < 1.29 is 27.4 Å². The number of esters is 1. The molecule has 0 atom stereocenters. The monoisotopic (exact) mass is 433 g/mol. The Bertz CT molecular complexity index is 928. The lowest BCUT2D eigenvalue weighted by molar-refractivity contribution is -0.138. The van der Waals surface area contributed by atoms with Crippen LogP contribution < -0.4 is 13.8 Å². The molecule has 0 heterocycles. The first-order valence-electron chi connectivity index (χ1n) is 7.50. The highest BCUT2D eigenvalue weighted by Crippen LogP contribution is 2.33. The van der Waals surface area contributed by atoms with Crippen molar-refractivity contribution in [2.24, 2.45) is 0 Å². The third-order valence-electron chi connectivity index (χ3n) is 3.58. The number of anilines is 1. The summed E-state index contributed by atoms with van der Waals surface area (Å²) >= 11 is 12.0. The Hall–Kier alpha value is -2.16. The summed E-state index contributed by atoms with van der Waals surface area (Å²) in [6.45, 7) is -0.566. The highest BCUT2D eigenvalue weighted by molar-refractivity contribution is 7.92. The molecule has 0 fully saturated rings. The van der Waals surface area contributed by atoms with Gasteiger partial charge >= 0.3 is 5.97 Å². The van der Waals surface area contributed by atoms with Crippen LogP contribution >= 0.6 is 23.2 Å². The number of benzene rings is 2. The zero-order valence-corrected chi connectivity index (χ0v) is 17.1. The van der Waals surface area contributed by atoms with Gasteiger partial charge in [0.1, 0.15) is 6.54 Å². The van der Waals surface area contributed by atoms with E-state index < -0.39 is 22.5 Å². The van der Waals surface area contributed by atoms with Crippen molar-refractivity contribution in [3.8, 4) is 11.5 Å². The van der Waals surface area contributed by atoms with Crippen molar-refractivity contribution in [1.29, 1.82) is 0 Å². The molecule has 2 rings (SSSR count). The van der Waals surface area contributed by atoms with Crippen LogP contribution in [0.4, 0.5) is 5.69 Å². The van der Waals surface area contributed by atoms with Gasteiger partial charge in [0.2, 0.25) is 0 Å². The molecule has 0 amide bonds. The van der Waals surface area contributed by atoms with E-state index in [9.17, 15) is 13.2 Å². The topological polar surface area (TPSA) is 82.1 Å². The second kappa shape index (κ2) is 8.69. The van der Waals surface area contributed by atoms with Crippen molar-refractivity contribution in [3.63, 3.8) is 0 Å². The molecule has 0 N–H and O–H groups in total. The second-order valence-corrected chi connectivity index (χ2v) is 7.97. The molecule has 0 spiro atoms. The average molecular weight is 434 g/mol. The quantitative estimate of drug-likeness (QED) is 0.622. The summed E-state index contributed by atoms with van der Waals surface area (Å²) in [5.74, 6) is -0.169. The number of hydrogen-bond acceptors (Lipinski definition) is 6. The lowest BCUT2D eigenvalue weighted by atomic mass is 10.3. The van der Waals surface area contributed by atoms with Crippen LogP contribution in [0.1, 0.15) is 0 Å². The van der Waals surface area contributed by atoms with Gasteiger partial charge < -0.3 is 14.2 Å². The Balaban J connectivity index is 2.61. The molecular weight excluding hydrogens is 417 g/mol. The number of nitrogens with zero attached hydrogens (tertiary/aromatic N) is 1. The van der Waals surface area contributed by atoms with E-state index in [0.717, 1.165) is 11.4 Å². The number of hydrogen-bond donors (Lipinski definition) is 0. The summed E-state index contributed by atoms with van der Waals surface area (Å²) in [4.78, 5) is 11.7. The molecule has 2 aromatic carbocycles. The van der Waals surface area contributed by atoms with Crippen LogP contribution in [0.5, 0.6) is 11.5 Å². The van der Waals surface area contributed by atoms with Crippen LogP contribution in [0.15, 0.2) is 41.3 Å². The molecule has 2 aromatic rings. The van der Waals surface area contributed by atoms with E-state index in [1.165, 1.54) is 50.6 Å². The standard InChI is InChI=1S/C17H17Cl2NO6S/c1-24-15-5-4-14(9-16(15)25-2)27(22,23)20(10-17(21)26-3)13-7-11(18)6-12(19)8-13/h4-9H,10H2,1-3H3. The van der Waals surface area contributed by atoms with E-state index >= 15 is 0 Å². The van der Waals surface area contributed by atoms with Gasteiger partial charge in [0, 0.05) is 16.1 Å². The Morgan fingerprint density at radius 2 is 1.56 bits per heavy atom. The summed E-state index contributed by atoms with van der Waals surface area (Å²) in [7, 11) is -0.189. The summed E-state index contributed by atoms with van der Waals surface area (Å²) in [5, 5.41) is 0.435. The molecule has 0 aliphatic heterocycles. The molecule has 0 aromatic heterocycles. The fourth-order valence-corrected chi connectivity index (χ4v) is 4.21. The van der Waals surface area contributed by atoms with Crippen LogP contribution in [0.2, 0.25) is 10.0 Å². The van der Waals surface area contributed by atoms with Crippen molar-refractivity contribution in [3.05, 3.63) is 46.4 Å². The van der Waals surface area contributed by atoms with Gasteiger partial charge in [-0.2, -0.15) is 0 Å².